The Morgan fingerprint density at radius 2 is 1.21 bits per heavy atom. The minimum absolute atomic E-state index is 0.248. The first-order valence-electron chi connectivity index (χ1n) is 7.28. The fraction of sp³-hybridized carbons (Fsp3) is 0. The quantitative estimate of drug-likeness (QED) is 0.526. The van der Waals surface area contributed by atoms with Gasteiger partial charge < -0.3 is 9.42 Å². The van der Waals surface area contributed by atoms with Crippen LogP contribution in [-0.2, 0) is 4.57 Å². The lowest BCUT2D eigenvalue weighted by atomic mass is 10.3. The van der Waals surface area contributed by atoms with Crippen LogP contribution in [0.25, 0.3) is 0 Å². The van der Waals surface area contributed by atoms with Crippen LogP contribution in [0.4, 0.5) is 11.4 Å². The van der Waals surface area contributed by atoms with Gasteiger partial charge in [0.1, 0.15) is 5.75 Å². The van der Waals surface area contributed by atoms with E-state index in [4.69, 9.17) is 4.52 Å². The van der Waals surface area contributed by atoms with Gasteiger partial charge in [-0.15, -0.1) is 0 Å². The number of hydrogen-bond donors (Lipinski definition) is 1. The van der Waals surface area contributed by atoms with E-state index in [0.29, 0.717) is 11.4 Å². The predicted octanol–water partition coefficient (Wildman–Crippen LogP) is 4.99. The lowest BCUT2D eigenvalue weighted by molar-refractivity contribution is 0.393. The van der Waals surface area contributed by atoms with E-state index >= 15 is 0 Å². The molecule has 5 nitrogen and oxygen atoms in total. The molecule has 120 valence electrons. The van der Waals surface area contributed by atoms with E-state index in [0.717, 1.165) is 5.69 Å². The summed E-state index contributed by atoms with van der Waals surface area (Å²) in [5.74, 6) is 0.295. The number of benzene rings is 3. The summed E-state index contributed by atoms with van der Waals surface area (Å²) in [4.78, 5) is 10.1. The van der Waals surface area contributed by atoms with Crippen molar-refractivity contribution in [1.29, 1.82) is 0 Å². The molecule has 0 heterocycles. The monoisotopic (exact) mass is 338 g/mol. The molecule has 0 fully saturated rings. The zero-order chi connectivity index (χ0) is 16.8. The Hall–Kier alpha value is -2.75. The standard InChI is InChI=1S/C18H15N2O3P/c21-24(22,18-9-5-2-6-10-18)23-17-13-11-16(12-14-17)20-19-15-7-3-1-4-8-15/h1-14H,(H,21,22). The topological polar surface area (TPSA) is 71.2 Å². The first-order chi connectivity index (χ1) is 11.6. The van der Waals surface area contributed by atoms with E-state index in [9.17, 15) is 9.46 Å². The normalized spacial score (nSPS) is 13.5. The van der Waals surface area contributed by atoms with Crippen molar-refractivity contribution in [3.63, 3.8) is 0 Å². The Kier molecular flexibility index (Phi) is 4.85. The van der Waals surface area contributed by atoms with Crippen molar-refractivity contribution < 1.29 is 14.0 Å². The van der Waals surface area contributed by atoms with Crippen LogP contribution in [0.3, 0.4) is 0 Å². The van der Waals surface area contributed by atoms with Gasteiger partial charge >= 0.3 is 7.60 Å². The Balaban J connectivity index is 1.71. The van der Waals surface area contributed by atoms with E-state index in [1.165, 1.54) is 0 Å². The maximum Gasteiger partial charge on any atom is 0.408 e. The third-order valence-corrected chi connectivity index (χ3v) is 4.59. The highest BCUT2D eigenvalue weighted by atomic mass is 31.2. The minimum Gasteiger partial charge on any atom is -0.421 e. The largest absolute Gasteiger partial charge is 0.421 e. The Morgan fingerprint density at radius 1 is 0.708 bits per heavy atom. The molecule has 0 bridgehead atoms. The van der Waals surface area contributed by atoms with Crippen molar-refractivity contribution in [1.82, 2.24) is 0 Å². The Morgan fingerprint density at radius 3 is 1.79 bits per heavy atom. The van der Waals surface area contributed by atoms with Crippen LogP contribution in [0.2, 0.25) is 0 Å². The predicted molar refractivity (Wildman–Crippen MR) is 93.6 cm³/mol. The van der Waals surface area contributed by atoms with Crippen LogP contribution in [0.1, 0.15) is 0 Å². The SMILES string of the molecule is O=P(O)(Oc1ccc(N=Nc2ccccc2)cc1)c1ccccc1. The summed E-state index contributed by atoms with van der Waals surface area (Å²) in [7, 11) is -3.90. The third-order valence-electron chi connectivity index (χ3n) is 3.19. The van der Waals surface area contributed by atoms with Crippen molar-refractivity contribution >= 4 is 24.3 Å². The number of hydrogen-bond acceptors (Lipinski definition) is 4. The molecule has 0 aliphatic heterocycles. The van der Waals surface area contributed by atoms with Crippen molar-refractivity contribution in [3.05, 3.63) is 84.9 Å². The first kappa shape index (κ1) is 16.1. The molecule has 0 radical (unpaired) electrons. The average Bonchev–Trinajstić information content (AvgIpc) is 2.62. The summed E-state index contributed by atoms with van der Waals surface area (Å²) >= 11 is 0. The number of nitrogens with zero attached hydrogens (tertiary/aromatic N) is 2. The molecule has 24 heavy (non-hydrogen) atoms. The molecular formula is C18H15N2O3P. The van der Waals surface area contributed by atoms with E-state index in [1.54, 1.807) is 54.6 Å². The maximum atomic E-state index is 12.3. The smallest absolute Gasteiger partial charge is 0.408 e. The van der Waals surface area contributed by atoms with Gasteiger partial charge in [0.2, 0.25) is 0 Å². The van der Waals surface area contributed by atoms with Crippen molar-refractivity contribution in [2.45, 2.75) is 0 Å². The zero-order valence-electron chi connectivity index (χ0n) is 12.7. The summed E-state index contributed by atoms with van der Waals surface area (Å²) in [6.07, 6.45) is 0. The molecule has 3 rings (SSSR count). The molecule has 1 N–H and O–H groups in total. The highest BCUT2D eigenvalue weighted by Gasteiger charge is 2.23. The van der Waals surface area contributed by atoms with Crippen LogP contribution >= 0.6 is 7.60 Å². The Labute approximate surface area is 139 Å². The molecule has 0 aliphatic rings. The zero-order valence-corrected chi connectivity index (χ0v) is 13.6. The molecule has 6 heteroatoms. The fourth-order valence-electron chi connectivity index (χ4n) is 2.00. The van der Waals surface area contributed by atoms with Gasteiger partial charge in [-0.05, 0) is 48.5 Å². The molecule has 0 amide bonds. The summed E-state index contributed by atoms with van der Waals surface area (Å²) in [5.41, 5.74) is 1.38. The molecule has 0 spiro atoms. The second-order valence-corrected chi connectivity index (χ2v) is 6.72. The van der Waals surface area contributed by atoms with E-state index in [1.807, 2.05) is 30.3 Å². The van der Waals surface area contributed by atoms with Gasteiger partial charge in [0.15, 0.2) is 0 Å². The first-order valence-corrected chi connectivity index (χ1v) is 8.86. The summed E-state index contributed by atoms with van der Waals surface area (Å²) in [5, 5.41) is 8.47. The summed E-state index contributed by atoms with van der Waals surface area (Å²) in [6.45, 7) is 0. The molecule has 3 aromatic rings. The molecule has 1 unspecified atom stereocenters. The molecule has 1 atom stereocenters. The second-order valence-electron chi connectivity index (χ2n) is 4.98. The van der Waals surface area contributed by atoms with Gasteiger partial charge in [-0.25, -0.2) is 4.57 Å². The van der Waals surface area contributed by atoms with Gasteiger partial charge in [0, 0.05) is 0 Å². The van der Waals surface area contributed by atoms with Crippen LogP contribution in [-0.4, -0.2) is 4.89 Å². The van der Waals surface area contributed by atoms with E-state index in [-0.39, 0.29) is 5.30 Å². The van der Waals surface area contributed by atoms with Crippen LogP contribution < -0.4 is 9.83 Å². The van der Waals surface area contributed by atoms with Gasteiger partial charge in [0.05, 0.1) is 16.7 Å². The highest BCUT2D eigenvalue weighted by Crippen LogP contribution is 2.41. The highest BCUT2D eigenvalue weighted by molar-refractivity contribution is 7.61. The maximum absolute atomic E-state index is 12.3. The summed E-state index contributed by atoms with van der Waals surface area (Å²) < 4.78 is 17.5. The number of azo groups is 1. The second kappa shape index (κ2) is 7.21. The van der Waals surface area contributed by atoms with Crippen LogP contribution in [0.15, 0.2) is 95.2 Å². The molecule has 0 aliphatic carbocycles. The lowest BCUT2D eigenvalue weighted by Gasteiger charge is -2.13. The molecule has 3 aromatic carbocycles. The molecule has 0 saturated heterocycles. The molecule has 0 saturated carbocycles. The number of rotatable bonds is 5. The third kappa shape index (κ3) is 4.16. The molecule has 0 aromatic heterocycles. The van der Waals surface area contributed by atoms with Crippen molar-refractivity contribution in [2.75, 3.05) is 0 Å². The lowest BCUT2D eigenvalue weighted by Crippen LogP contribution is -2.08. The van der Waals surface area contributed by atoms with Gasteiger partial charge in [-0.1, -0.05) is 36.4 Å². The minimum atomic E-state index is -3.90. The Bertz CT molecular complexity index is 866. The van der Waals surface area contributed by atoms with E-state index in [2.05, 4.69) is 10.2 Å². The summed E-state index contributed by atoms with van der Waals surface area (Å²) in [6, 6.07) is 24.2. The van der Waals surface area contributed by atoms with Crippen molar-refractivity contribution in [3.8, 4) is 5.75 Å². The fourth-order valence-corrected chi connectivity index (χ4v) is 3.06. The van der Waals surface area contributed by atoms with Gasteiger partial charge in [0.25, 0.3) is 0 Å². The molecular weight excluding hydrogens is 323 g/mol. The van der Waals surface area contributed by atoms with E-state index < -0.39 is 7.60 Å². The van der Waals surface area contributed by atoms with Crippen molar-refractivity contribution in [2.24, 2.45) is 10.2 Å². The van der Waals surface area contributed by atoms with Gasteiger partial charge in [-0.3, -0.25) is 0 Å². The average molecular weight is 338 g/mol. The van der Waals surface area contributed by atoms with Gasteiger partial charge in [-0.2, -0.15) is 10.2 Å². The van der Waals surface area contributed by atoms with Crippen LogP contribution in [0.5, 0.6) is 5.75 Å². The van der Waals surface area contributed by atoms with Crippen LogP contribution in [0, 0.1) is 0 Å².